The summed E-state index contributed by atoms with van der Waals surface area (Å²) >= 11 is 1.83. The standard InChI is InChI=1S/C12H22N2O2S/c1-8(15)5-3-4-6-11-12(14-9(2)16)10(13)7-17-11/h10-12H,3-7,13H2,1-2H3,(H,14,16). The second kappa shape index (κ2) is 7.01. The Hall–Kier alpha value is -0.550. The van der Waals surface area contributed by atoms with Crippen LogP contribution in [-0.4, -0.2) is 34.8 Å². The van der Waals surface area contributed by atoms with Crippen LogP contribution in [0.25, 0.3) is 0 Å². The van der Waals surface area contributed by atoms with Crippen molar-refractivity contribution in [3.05, 3.63) is 0 Å². The Labute approximate surface area is 107 Å². The minimum Gasteiger partial charge on any atom is -0.351 e. The number of thioether (sulfide) groups is 1. The molecular weight excluding hydrogens is 236 g/mol. The van der Waals surface area contributed by atoms with Gasteiger partial charge in [0.25, 0.3) is 0 Å². The number of nitrogens with one attached hydrogen (secondary N) is 1. The molecule has 1 rings (SSSR count). The number of amides is 1. The number of carbonyl (C=O) groups is 2. The smallest absolute Gasteiger partial charge is 0.217 e. The molecule has 4 nitrogen and oxygen atoms in total. The van der Waals surface area contributed by atoms with E-state index in [0.717, 1.165) is 25.0 Å². The number of rotatable bonds is 6. The summed E-state index contributed by atoms with van der Waals surface area (Å²) in [6.45, 7) is 3.16. The van der Waals surface area contributed by atoms with Crippen molar-refractivity contribution in [2.24, 2.45) is 5.73 Å². The number of ketones is 1. The lowest BCUT2D eigenvalue weighted by Crippen LogP contribution is -2.49. The van der Waals surface area contributed by atoms with E-state index in [-0.39, 0.29) is 23.8 Å². The SMILES string of the molecule is CC(=O)CCCCC1SCC(N)C1NC(C)=O. The fourth-order valence-corrected chi connectivity index (χ4v) is 3.62. The molecule has 5 heteroatoms. The second-order valence-corrected chi connectivity index (χ2v) is 5.98. The van der Waals surface area contributed by atoms with Gasteiger partial charge in [0.05, 0.1) is 6.04 Å². The van der Waals surface area contributed by atoms with Gasteiger partial charge in [-0.1, -0.05) is 6.42 Å². The van der Waals surface area contributed by atoms with Crippen LogP contribution in [0.15, 0.2) is 0 Å². The number of unbranched alkanes of at least 4 members (excludes halogenated alkanes) is 1. The molecule has 0 aromatic rings. The third-order valence-corrected chi connectivity index (χ3v) is 4.54. The van der Waals surface area contributed by atoms with Crippen molar-refractivity contribution < 1.29 is 9.59 Å². The Bertz CT molecular complexity index is 284. The van der Waals surface area contributed by atoms with Gasteiger partial charge < -0.3 is 15.8 Å². The summed E-state index contributed by atoms with van der Waals surface area (Å²) in [7, 11) is 0. The van der Waals surface area contributed by atoms with Gasteiger partial charge in [0.15, 0.2) is 0 Å². The van der Waals surface area contributed by atoms with Crippen molar-refractivity contribution in [2.75, 3.05) is 5.75 Å². The minimum absolute atomic E-state index is 0.0123. The third kappa shape index (κ3) is 5.08. The Balaban J connectivity index is 2.31. The fourth-order valence-electron chi connectivity index (χ4n) is 2.13. The highest BCUT2D eigenvalue weighted by atomic mass is 32.2. The first-order valence-corrected chi connectivity index (χ1v) is 7.19. The molecule has 0 saturated carbocycles. The van der Waals surface area contributed by atoms with Gasteiger partial charge in [0.2, 0.25) is 5.91 Å². The summed E-state index contributed by atoms with van der Waals surface area (Å²) in [6.07, 6.45) is 3.65. The maximum atomic E-state index is 11.1. The van der Waals surface area contributed by atoms with Crippen LogP contribution in [0.1, 0.15) is 39.5 Å². The maximum Gasteiger partial charge on any atom is 0.217 e. The van der Waals surface area contributed by atoms with Crippen LogP contribution in [0.2, 0.25) is 0 Å². The highest BCUT2D eigenvalue weighted by Crippen LogP contribution is 2.30. The van der Waals surface area contributed by atoms with Gasteiger partial charge in [-0.15, -0.1) is 0 Å². The summed E-state index contributed by atoms with van der Waals surface area (Å²) in [5, 5.41) is 3.34. The van der Waals surface area contributed by atoms with E-state index in [9.17, 15) is 9.59 Å². The number of Topliss-reactive ketones (excluding diaryl/α,β-unsaturated/α-hetero) is 1. The van der Waals surface area contributed by atoms with Crippen molar-refractivity contribution >= 4 is 23.5 Å². The molecule has 1 saturated heterocycles. The average molecular weight is 258 g/mol. The van der Waals surface area contributed by atoms with Gasteiger partial charge in [-0.2, -0.15) is 11.8 Å². The predicted octanol–water partition coefficient (Wildman–Crippen LogP) is 1.08. The summed E-state index contributed by atoms with van der Waals surface area (Å²) in [4.78, 5) is 21.9. The topological polar surface area (TPSA) is 72.2 Å². The highest BCUT2D eigenvalue weighted by molar-refractivity contribution is 8.00. The molecule has 1 aliphatic heterocycles. The quantitative estimate of drug-likeness (QED) is 0.699. The molecule has 0 bridgehead atoms. The van der Waals surface area contributed by atoms with Crippen LogP contribution < -0.4 is 11.1 Å². The Morgan fingerprint density at radius 2 is 2.06 bits per heavy atom. The van der Waals surface area contributed by atoms with Crippen molar-refractivity contribution in [1.29, 1.82) is 0 Å². The fraction of sp³-hybridized carbons (Fsp3) is 0.833. The first kappa shape index (κ1) is 14.5. The van der Waals surface area contributed by atoms with Gasteiger partial charge in [0.1, 0.15) is 5.78 Å². The van der Waals surface area contributed by atoms with Crippen LogP contribution in [0.4, 0.5) is 0 Å². The average Bonchev–Trinajstić information content (AvgIpc) is 2.55. The Morgan fingerprint density at radius 1 is 1.35 bits per heavy atom. The van der Waals surface area contributed by atoms with Crippen LogP contribution >= 0.6 is 11.8 Å². The van der Waals surface area contributed by atoms with Gasteiger partial charge in [-0.3, -0.25) is 4.79 Å². The molecule has 0 radical (unpaired) electrons. The molecule has 3 N–H and O–H groups in total. The molecule has 0 aromatic heterocycles. The molecule has 3 atom stereocenters. The van der Waals surface area contributed by atoms with E-state index in [0.29, 0.717) is 11.7 Å². The van der Waals surface area contributed by atoms with Crippen molar-refractivity contribution in [3.8, 4) is 0 Å². The molecule has 1 amide bonds. The van der Waals surface area contributed by atoms with E-state index in [4.69, 9.17) is 5.73 Å². The van der Waals surface area contributed by atoms with Crippen LogP contribution in [0, 0.1) is 0 Å². The maximum absolute atomic E-state index is 11.1. The molecule has 1 heterocycles. The first-order valence-electron chi connectivity index (χ1n) is 6.14. The number of hydrogen-bond donors (Lipinski definition) is 2. The molecule has 0 aromatic carbocycles. The molecule has 0 aliphatic carbocycles. The predicted molar refractivity (Wildman–Crippen MR) is 71.0 cm³/mol. The zero-order valence-corrected chi connectivity index (χ0v) is 11.4. The van der Waals surface area contributed by atoms with Gasteiger partial charge in [-0.05, 0) is 19.8 Å². The number of hydrogen-bond acceptors (Lipinski definition) is 4. The lowest BCUT2D eigenvalue weighted by Gasteiger charge is -2.22. The monoisotopic (exact) mass is 258 g/mol. The van der Waals surface area contributed by atoms with Crippen molar-refractivity contribution in [1.82, 2.24) is 5.32 Å². The summed E-state index contributed by atoms with van der Waals surface area (Å²) in [5.74, 6) is 1.14. The highest BCUT2D eigenvalue weighted by Gasteiger charge is 2.34. The molecule has 17 heavy (non-hydrogen) atoms. The third-order valence-electron chi connectivity index (χ3n) is 3.00. The van der Waals surface area contributed by atoms with E-state index in [1.807, 2.05) is 11.8 Å². The molecule has 98 valence electrons. The van der Waals surface area contributed by atoms with Crippen molar-refractivity contribution in [3.63, 3.8) is 0 Å². The van der Waals surface area contributed by atoms with E-state index in [1.165, 1.54) is 6.92 Å². The molecule has 3 unspecified atom stereocenters. The Morgan fingerprint density at radius 3 is 2.65 bits per heavy atom. The largest absolute Gasteiger partial charge is 0.351 e. The normalized spacial score (nSPS) is 28.1. The Kier molecular flexibility index (Phi) is 5.98. The zero-order valence-electron chi connectivity index (χ0n) is 10.6. The van der Waals surface area contributed by atoms with E-state index < -0.39 is 0 Å². The first-order chi connectivity index (χ1) is 8.00. The van der Waals surface area contributed by atoms with Crippen LogP contribution in [-0.2, 0) is 9.59 Å². The van der Waals surface area contributed by atoms with Gasteiger partial charge in [-0.25, -0.2) is 0 Å². The lowest BCUT2D eigenvalue weighted by atomic mass is 10.0. The van der Waals surface area contributed by atoms with Crippen LogP contribution in [0.5, 0.6) is 0 Å². The molecule has 1 aliphatic rings. The second-order valence-electron chi connectivity index (χ2n) is 4.71. The zero-order chi connectivity index (χ0) is 12.8. The molecule has 1 fully saturated rings. The lowest BCUT2D eigenvalue weighted by molar-refractivity contribution is -0.119. The number of nitrogens with two attached hydrogens (primary N) is 1. The van der Waals surface area contributed by atoms with Crippen molar-refractivity contribution in [2.45, 2.75) is 56.9 Å². The molecular formula is C12H22N2O2S. The van der Waals surface area contributed by atoms with E-state index in [1.54, 1.807) is 6.92 Å². The van der Waals surface area contributed by atoms with E-state index in [2.05, 4.69) is 5.32 Å². The van der Waals surface area contributed by atoms with Gasteiger partial charge >= 0.3 is 0 Å². The van der Waals surface area contributed by atoms with Crippen LogP contribution in [0.3, 0.4) is 0 Å². The summed E-state index contributed by atoms with van der Waals surface area (Å²) in [5.41, 5.74) is 5.98. The molecule has 0 spiro atoms. The minimum atomic E-state index is -0.0123. The van der Waals surface area contributed by atoms with Gasteiger partial charge in [0, 0.05) is 30.4 Å². The summed E-state index contributed by atoms with van der Waals surface area (Å²) < 4.78 is 0. The number of carbonyl (C=O) groups excluding carboxylic acids is 2. The van der Waals surface area contributed by atoms with E-state index >= 15 is 0 Å². The summed E-state index contributed by atoms with van der Waals surface area (Å²) in [6, 6.07) is 0.150.